The van der Waals surface area contributed by atoms with Crippen molar-refractivity contribution in [2.24, 2.45) is 0 Å². The molecule has 0 bridgehead atoms. The summed E-state index contributed by atoms with van der Waals surface area (Å²) in [7, 11) is 4.48. The molecule has 36 heavy (non-hydrogen) atoms. The second-order valence-corrected chi connectivity index (χ2v) is 9.46. The SMILES string of the molecule is COc1cc(C2C(C(=O)c3sc(C)nc3C)=C(O)C(=O)N2CCCn2ccnc2)cc(OC)c1OC. The van der Waals surface area contributed by atoms with E-state index in [1.807, 2.05) is 17.7 Å². The molecule has 4 rings (SSSR count). The van der Waals surface area contributed by atoms with Crippen molar-refractivity contribution in [2.45, 2.75) is 32.9 Å². The number of carbonyl (C=O) groups excluding carboxylic acids is 2. The Labute approximate surface area is 212 Å². The zero-order valence-corrected chi connectivity index (χ0v) is 21.6. The summed E-state index contributed by atoms with van der Waals surface area (Å²) < 4.78 is 18.4. The van der Waals surface area contributed by atoms with Crippen molar-refractivity contribution in [2.75, 3.05) is 27.9 Å². The molecule has 10 nitrogen and oxygen atoms in total. The molecule has 1 aromatic carbocycles. The van der Waals surface area contributed by atoms with E-state index in [0.29, 0.717) is 52.9 Å². The standard InChI is InChI=1S/C25H28N4O6S/c1-14-24(36-15(2)27-14)21(30)19-20(16-11-17(33-3)23(35-5)18(12-16)34-4)29(25(32)22(19)31)9-6-8-28-10-7-26-13-28/h7,10-13,20,31H,6,8-9H2,1-5H3. The van der Waals surface area contributed by atoms with Crippen LogP contribution in [-0.4, -0.2) is 64.1 Å². The van der Waals surface area contributed by atoms with Crippen LogP contribution in [0.15, 0.2) is 42.2 Å². The molecule has 1 atom stereocenters. The zero-order valence-electron chi connectivity index (χ0n) is 20.8. The van der Waals surface area contributed by atoms with Crippen LogP contribution in [-0.2, 0) is 11.3 Å². The third-order valence-corrected chi connectivity index (χ3v) is 7.11. The Kier molecular flexibility index (Phi) is 7.30. The van der Waals surface area contributed by atoms with Gasteiger partial charge in [0.05, 0.1) is 54.9 Å². The third kappa shape index (κ3) is 4.53. The Morgan fingerprint density at radius 2 is 1.81 bits per heavy atom. The first-order valence-corrected chi connectivity index (χ1v) is 12.1. The minimum atomic E-state index is -0.858. The first kappa shape index (κ1) is 25.2. The number of ether oxygens (including phenoxy) is 3. The van der Waals surface area contributed by atoms with Gasteiger partial charge in [0, 0.05) is 25.5 Å². The molecule has 0 fully saturated rings. The van der Waals surface area contributed by atoms with Crippen LogP contribution < -0.4 is 14.2 Å². The zero-order chi connectivity index (χ0) is 26.0. The highest BCUT2D eigenvalue weighted by Crippen LogP contribution is 2.46. The fraction of sp³-hybridized carbons (Fsp3) is 0.360. The summed E-state index contributed by atoms with van der Waals surface area (Å²) in [5, 5.41) is 11.7. The second kappa shape index (κ2) is 10.4. The number of aromatic nitrogens is 3. The Hall–Kier alpha value is -3.86. The molecule has 3 heterocycles. The van der Waals surface area contributed by atoms with Crippen molar-refractivity contribution in [3.05, 3.63) is 63.3 Å². The van der Waals surface area contributed by atoms with Crippen molar-refractivity contribution in [1.82, 2.24) is 19.4 Å². The largest absolute Gasteiger partial charge is 0.503 e. The van der Waals surface area contributed by atoms with Gasteiger partial charge in [-0.1, -0.05) is 0 Å². The van der Waals surface area contributed by atoms with Crippen LogP contribution in [0.2, 0.25) is 0 Å². The van der Waals surface area contributed by atoms with E-state index in [0.717, 1.165) is 5.01 Å². The van der Waals surface area contributed by atoms with Crippen LogP contribution in [0, 0.1) is 13.8 Å². The predicted molar refractivity (Wildman–Crippen MR) is 133 cm³/mol. The molecule has 1 aliphatic heterocycles. The van der Waals surface area contributed by atoms with Gasteiger partial charge in [0.1, 0.15) is 0 Å². The normalized spacial score (nSPS) is 15.5. The van der Waals surface area contributed by atoms with Gasteiger partial charge in [-0.25, -0.2) is 9.97 Å². The van der Waals surface area contributed by atoms with E-state index in [-0.39, 0.29) is 5.57 Å². The molecular formula is C25H28N4O6S. The molecule has 0 spiro atoms. The van der Waals surface area contributed by atoms with Crippen molar-refractivity contribution in [3.63, 3.8) is 0 Å². The van der Waals surface area contributed by atoms with Crippen molar-refractivity contribution < 1.29 is 28.9 Å². The number of thiazole rings is 1. The number of aliphatic hydroxyl groups is 1. The maximum Gasteiger partial charge on any atom is 0.290 e. The Balaban J connectivity index is 1.80. The van der Waals surface area contributed by atoms with E-state index in [2.05, 4.69) is 9.97 Å². The summed E-state index contributed by atoms with van der Waals surface area (Å²) >= 11 is 1.23. The highest BCUT2D eigenvalue weighted by atomic mass is 32.1. The second-order valence-electron chi connectivity index (χ2n) is 8.25. The van der Waals surface area contributed by atoms with Crippen LogP contribution in [0.4, 0.5) is 0 Å². The summed E-state index contributed by atoms with van der Waals surface area (Å²) in [5.41, 5.74) is 1.10. The van der Waals surface area contributed by atoms with E-state index < -0.39 is 23.5 Å². The number of methoxy groups -OCH3 is 3. The maximum absolute atomic E-state index is 13.7. The number of hydrogen-bond donors (Lipinski definition) is 1. The smallest absolute Gasteiger partial charge is 0.290 e. The molecule has 0 aliphatic carbocycles. The predicted octanol–water partition coefficient (Wildman–Crippen LogP) is 3.65. The lowest BCUT2D eigenvalue weighted by molar-refractivity contribution is -0.129. The van der Waals surface area contributed by atoms with Crippen LogP contribution in [0.3, 0.4) is 0 Å². The minimum Gasteiger partial charge on any atom is -0.503 e. The first-order chi connectivity index (χ1) is 17.3. The number of nitrogens with zero attached hydrogens (tertiary/aromatic N) is 4. The molecule has 1 unspecified atom stereocenters. The van der Waals surface area contributed by atoms with Crippen molar-refractivity contribution in [1.29, 1.82) is 0 Å². The van der Waals surface area contributed by atoms with Gasteiger partial charge in [-0.15, -0.1) is 11.3 Å². The van der Waals surface area contributed by atoms with Crippen molar-refractivity contribution >= 4 is 23.0 Å². The maximum atomic E-state index is 13.7. The van der Waals surface area contributed by atoms with Gasteiger partial charge >= 0.3 is 0 Å². The highest BCUT2D eigenvalue weighted by Gasteiger charge is 2.44. The first-order valence-electron chi connectivity index (χ1n) is 11.3. The molecular weight excluding hydrogens is 484 g/mol. The van der Waals surface area contributed by atoms with Gasteiger partial charge in [-0.2, -0.15) is 0 Å². The number of aliphatic hydroxyl groups excluding tert-OH is 1. The Morgan fingerprint density at radius 1 is 1.11 bits per heavy atom. The van der Waals surface area contributed by atoms with Gasteiger partial charge in [0.2, 0.25) is 11.5 Å². The quantitative estimate of drug-likeness (QED) is 0.409. The van der Waals surface area contributed by atoms with Gasteiger partial charge in [0.25, 0.3) is 5.91 Å². The fourth-order valence-electron chi connectivity index (χ4n) is 4.43. The highest BCUT2D eigenvalue weighted by molar-refractivity contribution is 7.14. The molecule has 1 N–H and O–H groups in total. The van der Waals surface area contributed by atoms with Gasteiger partial charge in [-0.3, -0.25) is 9.59 Å². The number of ketones is 1. The molecule has 190 valence electrons. The van der Waals surface area contributed by atoms with Crippen LogP contribution in [0.5, 0.6) is 17.2 Å². The minimum absolute atomic E-state index is 0.00338. The molecule has 11 heteroatoms. The van der Waals surface area contributed by atoms with E-state index in [1.165, 1.54) is 37.6 Å². The number of imidazole rings is 1. The average molecular weight is 513 g/mol. The summed E-state index contributed by atoms with van der Waals surface area (Å²) in [4.78, 5) is 37.3. The summed E-state index contributed by atoms with van der Waals surface area (Å²) in [6.07, 6.45) is 5.80. The molecule has 1 amide bonds. The molecule has 3 aromatic rings. The van der Waals surface area contributed by atoms with Crippen LogP contribution in [0.25, 0.3) is 0 Å². The van der Waals surface area contributed by atoms with Crippen molar-refractivity contribution in [3.8, 4) is 17.2 Å². The van der Waals surface area contributed by atoms with Gasteiger partial charge in [-0.05, 0) is 38.0 Å². The number of benzene rings is 1. The lowest BCUT2D eigenvalue weighted by atomic mass is 9.94. The summed E-state index contributed by atoms with van der Waals surface area (Å²) in [6.45, 7) is 4.45. The number of aryl methyl sites for hydroxylation is 3. The topological polar surface area (TPSA) is 116 Å². The molecule has 1 aliphatic rings. The third-order valence-electron chi connectivity index (χ3n) is 6.04. The van der Waals surface area contributed by atoms with E-state index in [9.17, 15) is 14.7 Å². The number of hydrogen-bond acceptors (Lipinski definition) is 9. The van der Waals surface area contributed by atoms with E-state index in [4.69, 9.17) is 14.2 Å². The number of amides is 1. The van der Waals surface area contributed by atoms with Gasteiger partial charge in [0.15, 0.2) is 17.3 Å². The van der Waals surface area contributed by atoms with E-state index >= 15 is 0 Å². The lowest BCUT2D eigenvalue weighted by Crippen LogP contribution is -2.32. The number of rotatable bonds is 10. The Bertz CT molecular complexity index is 1290. The molecule has 0 saturated heterocycles. The molecule has 0 radical (unpaired) electrons. The molecule has 2 aromatic heterocycles. The van der Waals surface area contributed by atoms with Crippen LogP contribution >= 0.6 is 11.3 Å². The summed E-state index contributed by atoms with van der Waals surface area (Å²) in [5.74, 6) is -0.468. The molecule has 0 saturated carbocycles. The number of Topliss-reactive ketones (excluding diaryl/α,β-unsaturated/α-hetero) is 1. The number of carbonyl (C=O) groups is 2. The average Bonchev–Trinajstić information content (AvgIpc) is 3.57. The monoisotopic (exact) mass is 512 g/mol. The fourth-order valence-corrected chi connectivity index (χ4v) is 5.30. The summed E-state index contributed by atoms with van der Waals surface area (Å²) in [6, 6.07) is 2.53. The van der Waals surface area contributed by atoms with E-state index in [1.54, 1.807) is 31.6 Å². The Morgan fingerprint density at radius 3 is 2.33 bits per heavy atom. The van der Waals surface area contributed by atoms with Gasteiger partial charge < -0.3 is 28.8 Å². The van der Waals surface area contributed by atoms with Crippen LogP contribution in [0.1, 0.15) is 38.4 Å². The lowest BCUT2D eigenvalue weighted by Gasteiger charge is -2.28.